The number of nitrogens with zero attached hydrogens (tertiary/aromatic N) is 1. The maximum absolute atomic E-state index is 5.45. The summed E-state index contributed by atoms with van der Waals surface area (Å²) < 4.78 is 5.45. The molecule has 1 aromatic carbocycles. The van der Waals surface area contributed by atoms with Crippen LogP contribution in [0.4, 0.5) is 0 Å². The Morgan fingerprint density at radius 3 is 2.58 bits per heavy atom. The minimum atomic E-state index is 0.958. The predicted octanol–water partition coefficient (Wildman–Crippen LogP) is 2.23. The molecule has 0 aromatic heterocycles. The zero-order valence-electron chi connectivity index (χ0n) is 12.2. The van der Waals surface area contributed by atoms with Gasteiger partial charge in [-0.25, -0.2) is 0 Å². The molecule has 104 valence electrons. The second-order valence-corrected chi connectivity index (χ2v) is 5.13. The van der Waals surface area contributed by atoms with Crippen LogP contribution in [0.25, 0.3) is 6.08 Å². The van der Waals surface area contributed by atoms with Crippen LogP contribution >= 0.6 is 0 Å². The van der Waals surface area contributed by atoms with E-state index in [2.05, 4.69) is 48.3 Å². The van der Waals surface area contributed by atoms with Crippen molar-refractivity contribution in [1.29, 1.82) is 0 Å². The highest BCUT2D eigenvalue weighted by atomic mass is 16.5. The number of methoxy groups -OCH3 is 1. The predicted molar refractivity (Wildman–Crippen MR) is 80.8 cm³/mol. The second kappa shape index (κ2) is 6.73. The van der Waals surface area contributed by atoms with E-state index >= 15 is 0 Å². The van der Waals surface area contributed by atoms with Gasteiger partial charge in [0.05, 0.1) is 7.11 Å². The molecule has 1 fully saturated rings. The molecule has 0 amide bonds. The molecule has 0 radical (unpaired) electrons. The number of nitrogens with one attached hydrogen (secondary N) is 1. The summed E-state index contributed by atoms with van der Waals surface area (Å²) in [6.07, 6.45) is 4.41. The lowest BCUT2D eigenvalue weighted by Crippen LogP contribution is -2.43. The monoisotopic (exact) mass is 260 g/mol. The molecule has 19 heavy (non-hydrogen) atoms. The van der Waals surface area contributed by atoms with Gasteiger partial charge in [-0.05, 0) is 37.1 Å². The Morgan fingerprint density at radius 1 is 1.21 bits per heavy atom. The first-order chi connectivity index (χ1) is 9.20. The van der Waals surface area contributed by atoms with Crippen LogP contribution in [0.3, 0.4) is 0 Å². The van der Waals surface area contributed by atoms with Crippen molar-refractivity contribution in [1.82, 2.24) is 10.2 Å². The molecule has 1 aromatic rings. The lowest BCUT2D eigenvalue weighted by atomic mass is 10.0. The summed E-state index contributed by atoms with van der Waals surface area (Å²) in [5, 5.41) is 3.37. The van der Waals surface area contributed by atoms with E-state index in [4.69, 9.17) is 4.74 Å². The SMILES string of the molecule is COc1cc(C)c(C)cc1/C=C/CN1CCNCC1. The number of aryl methyl sites for hydroxylation is 2. The highest BCUT2D eigenvalue weighted by Gasteiger charge is 2.07. The van der Waals surface area contributed by atoms with Gasteiger partial charge < -0.3 is 10.1 Å². The third kappa shape index (κ3) is 3.82. The second-order valence-electron chi connectivity index (χ2n) is 5.13. The number of ether oxygens (including phenoxy) is 1. The van der Waals surface area contributed by atoms with Crippen molar-refractivity contribution >= 4 is 6.08 Å². The van der Waals surface area contributed by atoms with Crippen LogP contribution in [0.15, 0.2) is 18.2 Å². The van der Waals surface area contributed by atoms with Crippen LogP contribution < -0.4 is 10.1 Å². The molecule has 0 saturated carbocycles. The van der Waals surface area contributed by atoms with Crippen molar-refractivity contribution in [2.24, 2.45) is 0 Å². The van der Waals surface area contributed by atoms with Crippen LogP contribution in [0.5, 0.6) is 5.75 Å². The summed E-state index contributed by atoms with van der Waals surface area (Å²) in [5.41, 5.74) is 3.75. The summed E-state index contributed by atoms with van der Waals surface area (Å²) >= 11 is 0. The van der Waals surface area contributed by atoms with Crippen molar-refractivity contribution < 1.29 is 4.74 Å². The largest absolute Gasteiger partial charge is 0.496 e. The topological polar surface area (TPSA) is 24.5 Å². The van der Waals surface area contributed by atoms with Crippen molar-refractivity contribution in [3.05, 3.63) is 34.9 Å². The zero-order valence-corrected chi connectivity index (χ0v) is 12.2. The van der Waals surface area contributed by atoms with E-state index in [1.54, 1.807) is 7.11 Å². The van der Waals surface area contributed by atoms with E-state index in [0.29, 0.717) is 0 Å². The molecule has 3 heteroatoms. The first kappa shape index (κ1) is 14.1. The van der Waals surface area contributed by atoms with Crippen molar-refractivity contribution in [2.75, 3.05) is 39.8 Å². The number of hydrogen-bond donors (Lipinski definition) is 1. The molecule has 3 nitrogen and oxygen atoms in total. The third-order valence-electron chi connectivity index (χ3n) is 3.72. The highest BCUT2D eigenvalue weighted by Crippen LogP contribution is 2.24. The van der Waals surface area contributed by atoms with Gasteiger partial charge in [-0.15, -0.1) is 0 Å². The molecule has 2 rings (SSSR count). The van der Waals surface area contributed by atoms with Gasteiger partial charge in [0.1, 0.15) is 5.75 Å². The van der Waals surface area contributed by atoms with Crippen LogP contribution in [-0.2, 0) is 0 Å². The molecule has 1 aliphatic rings. The first-order valence-electron chi connectivity index (χ1n) is 6.95. The highest BCUT2D eigenvalue weighted by molar-refractivity contribution is 5.59. The summed E-state index contributed by atoms with van der Waals surface area (Å²) in [5.74, 6) is 0.958. The van der Waals surface area contributed by atoms with E-state index in [1.807, 2.05) is 0 Å². The maximum Gasteiger partial charge on any atom is 0.126 e. The van der Waals surface area contributed by atoms with E-state index < -0.39 is 0 Å². The van der Waals surface area contributed by atoms with E-state index in [9.17, 15) is 0 Å². The average molecular weight is 260 g/mol. The Kier molecular flexibility index (Phi) is 5.00. The van der Waals surface area contributed by atoms with Crippen LogP contribution in [0.2, 0.25) is 0 Å². The third-order valence-corrected chi connectivity index (χ3v) is 3.72. The zero-order chi connectivity index (χ0) is 13.7. The molecule has 1 aliphatic heterocycles. The lowest BCUT2D eigenvalue weighted by Gasteiger charge is -2.25. The average Bonchev–Trinajstić information content (AvgIpc) is 2.43. The molecule has 0 aliphatic carbocycles. The number of piperazine rings is 1. The van der Waals surface area contributed by atoms with Gasteiger partial charge in [0, 0.05) is 38.3 Å². The molecular weight excluding hydrogens is 236 g/mol. The smallest absolute Gasteiger partial charge is 0.126 e. The number of rotatable bonds is 4. The lowest BCUT2D eigenvalue weighted by molar-refractivity contribution is 0.265. The van der Waals surface area contributed by atoms with E-state index in [1.165, 1.54) is 16.7 Å². The van der Waals surface area contributed by atoms with Gasteiger partial charge in [-0.3, -0.25) is 4.90 Å². The van der Waals surface area contributed by atoms with Crippen molar-refractivity contribution in [3.8, 4) is 5.75 Å². The summed E-state index contributed by atoms with van der Waals surface area (Å²) in [6, 6.07) is 4.31. The molecule has 1 saturated heterocycles. The van der Waals surface area contributed by atoms with E-state index in [0.717, 1.165) is 38.5 Å². The minimum absolute atomic E-state index is 0.958. The van der Waals surface area contributed by atoms with Crippen LogP contribution in [-0.4, -0.2) is 44.7 Å². The molecule has 0 bridgehead atoms. The van der Waals surface area contributed by atoms with Gasteiger partial charge >= 0.3 is 0 Å². The minimum Gasteiger partial charge on any atom is -0.496 e. The molecule has 0 spiro atoms. The van der Waals surface area contributed by atoms with Gasteiger partial charge in [-0.1, -0.05) is 12.2 Å². The normalized spacial score (nSPS) is 17.0. The van der Waals surface area contributed by atoms with Gasteiger partial charge in [0.2, 0.25) is 0 Å². The van der Waals surface area contributed by atoms with Gasteiger partial charge in [-0.2, -0.15) is 0 Å². The summed E-state index contributed by atoms with van der Waals surface area (Å²) in [7, 11) is 1.73. The van der Waals surface area contributed by atoms with Crippen molar-refractivity contribution in [3.63, 3.8) is 0 Å². The Morgan fingerprint density at radius 2 is 1.89 bits per heavy atom. The van der Waals surface area contributed by atoms with Gasteiger partial charge in [0.25, 0.3) is 0 Å². The molecule has 0 unspecified atom stereocenters. The van der Waals surface area contributed by atoms with E-state index in [-0.39, 0.29) is 0 Å². The molecule has 1 heterocycles. The first-order valence-corrected chi connectivity index (χ1v) is 6.95. The number of benzene rings is 1. The fourth-order valence-corrected chi connectivity index (χ4v) is 2.34. The summed E-state index contributed by atoms with van der Waals surface area (Å²) in [6.45, 7) is 9.73. The summed E-state index contributed by atoms with van der Waals surface area (Å²) in [4.78, 5) is 2.46. The Labute approximate surface area is 116 Å². The fourth-order valence-electron chi connectivity index (χ4n) is 2.34. The molecule has 1 N–H and O–H groups in total. The Hall–Kier alpha value is -1.32. The van der Waals surface area contributed by atoms with Gasteiger partial charge in [0.15, 0.2) is 0 Å². The van der Waals surface area contributed by atoms with Crippen molar-refractivity contribution in [2.45, 2.75) is 13.8 Å². The quantitative estimate of drug-likeness (QED) is 0.898. The molecule has 0 atom stereocenters. The number of hydrogen-bond acceptors (Lipinski definition) is 3. The fraction of sp³-hybridized carbons (Fsp3) is 0.500. The Balaban J connectivity index is 2.03. The molecular formula is C16H24N2O. The van der Waals surface area contributed by atoms with Crippen LogP contribution in [0, 0.1) is 13.8 Å². The Bertz CT molecular complexity index is 448. The van der Waals surface area contributed by atoms with Crippen LogP contribution in [0.1, 0.15) is 16.7 Å². The standard InChI is InChI=1S/C16H24N2O/c1-13-11-15(16(19-3)12-14(13)2)5-4-8-18-9-6-17-7-10-18/h4-5,11-12,17H,6-10H2,1-3H3/b5-4+. The maximum atomic E-state index is 5.45.